The normalized spacial score (nSPS) is 13.4. The molecular weight excluding hydrogens is 413 g/mol. The maximum Gasteiger partial charge on any atom is 0.194 e. The van der Waals surface area contributed by atoms with Gasteiger partial charge in [0.15, 0.2) is 5.96 Å². The quantitative estimate of drug-likeness (QED) is 0.704. The van der Waals surface area contributed by atoms with Crippen LogP contribution in [0.5, 0.6) is 0 Å². The minimum Gasteiger partial charge on any atom is -0.372 e. The Hall–Kier alpha value is -1.60. The number of guanidine groups is 1. The van der Waals surface area contributed by atoms with Crippen LogP contribution in [0.1, 0.15) is 16.7 Å². The van der Waals surface area contributed by atoms with Gasteiger partial charge in [-0.3, -0.25) is 4.99 Å². The summed E-state index contributed by atoms with van der Waals surface area (Å²) in [4.78, 5) is 6.59. The molecule has 1 aliphatic rings. The van der Waals surface area contributed by atoms with Crippen LogP contribution < -0.4 is 5.32 Å². The molecule has 0 atom stereocenters. The zero-order valence-corrected chi connectivity index (χ0v) is 16.3. The van der Waals surface area contributed by atoms with Crippen LogP contribution in [-0.2, 0) is 24.5 Å². The molecule has 0 saturated carbocycles. The predicted molar refractivity (Wildman–Crippen MR) is 109 cm³/mol. The molecule has 0 radical (unpaired) electrons. The van der Waals surface area contributed by atoms with Gasteiger partial charge in [0.2, 0.25) is 0 Å². The SMILES string of the molecule is CN1CCN=C1NCc1cccc(COCc2ccccc2)c1.I. The van der Waals surface area contributed by atoms with Gasteiger partial charge in [-0.05, 0) is 16.7 Å². The Balaban J connectivity index is 0.00000208. The molecular formula is C19H24IN3O. The molecule has 24 heavy (non-hydrogen) atoms. The zero-order chi connectivity index (χ0) is 15.9. The molecule has 1 heterocycles. The Morgan fingerprint density at radius 1 is 1.00 bits per heavy atom. The lowest BCUT2D eigenvalue weighted by atomic mass is 10.1. The number of rotatable bonds is 6. The van der Waals surface area contributed by atoms with Gasteiger partial charge in [0, 0.05) is 20.1 Å². The molecule has 3 rings (SSSR count). The number of nitrogens with zero attached hydrogens (tertiary/aromatic N) is 2. The van der Waals surface area contributed by atoms with Crippen LogP contribution >= 0.6 is 24.0 Å². The Kier molecular flexibility index (Phi) is 7.52. The van der Waals surface area contributed by atoms with E-state index in [0.717, 1.165) is 25.6 Å². The first-order valence-corrected chi connectivity index (χ1v) is 8.00. The van der Waals surface area contributed by atoms with E-state index in [1.807, 2.05) is 18.2 Å². The molecule has 2 aromatic carbocycles. The fourth-order valence-corrected chi connectivity index (χ4v) is 2.59. The first-order chi connectivity index (χ1) is 11.3. The first kappa shape index (κ1) is 18.7. The number of aliphatic imine (C=N–C) groups is 1. The van der Waals surface area contributed by atoms with E-state index in [1.165, 1.54) is 16.7 Å². The lowest BCUT2D eigenvalue weighted by Crippen LogP contribution is -2.35. The topological polar surface area (TPSA) is 36.9 Å². The van der Waals surface area contributed by atoms with Crippen molar-refractivity contribution in [3.05, 3.63) is 71.3 Å². The Morgan fingerprint density at radius 2 is 1.71 bits per heavy atom. The second-order valence-electron chi connectivity index (χ2n) is 5.78. The maximum absolute atomic E-state index is 5.80. The van der Waals surface area contributed by atoms with Gasteiger partial charge in [-0.2, -0.15) is 0 Å². The molecule has 0 bridgehead atoms. The minimum atomic E-state index is 0. The van der Waals surface area contributed by atoms with Crippen molar-refractivity contribution in [3.63, 3.8) is 0 Å². The molecule has 0 aliphatic carbocycles. The Labute approximate surface area is 160 Å². The van der Waals surface area contributed by atoms with E-state index in [-0.39, 0.29) is 24.0 Å². The number of halogens is 1. The lowest BCUT2D eigenvalue weighted by Gasteiger charge is -2.15. The summed E-state index contributed by atoms with van der Waals surface area (Å²) in [6, 6.07) is 18.8. The second-order valence-corrected chi connectivity index (χ2v) is 5.78. The molecule has 0 aromatic heterocycles. The summed E-state index contributed by atoms with van der Waals surface area (Å²) < 4.78 is 5.80. The van der Waals surface area contributed by atoms with Crippen LogP contribution in [0.4, 0.5) is 0 Å². The smallest absolute Gasteiger partial charge is 0.194 e. The summed E-state index contributed by atoms with van der Waals surface area (Å²) in [5, 5.41) is 3.39. The minimum absolute atomic E-state index is 0. The number of hydrogen-bond donors (Lipinski definition) is 1. The fourth-order valence-electron chi connectivity index (χ4n) is 2.59. The molecule has 128 valence electrons. The zero-order valence-electron chi connectivity index (χ0n) is 13.9. The highest BCUT2D eigenvalue weighted by atomic mass is 127. The van der Waals surface area contributed by atoms with Gasteiger partial charge >= 0.3 is 0 Å². The van der Waals surface area contributed by atoms with Crippen molar-refractivity contribution in [1.29, 1.82) is 0 Å². The number of likely N-dealkylation sites (N-methyl/N-ethyl adjacent to an activating group) is 1. The van der Waals surface area contributed by atoms with Crippen molar-refractivity contribution in [2.24, 2.45) is 4.99 Å². The molecule has 0 unspecified atom stereocenters. The number of nitrogens with one attached hydrogen (secondary N) is 1. The van der Waals surface area contributed by atoms with Crippen LogP contribution in [0.15, 0.2) is 59.6 Å². The molecule has 0 amide bonds. The molecule has 1 aliphatic heterocycles. The third-order valence-electron chi connectivity index (χ3n) is 3.88. The Morgan fingerprint density at radius 3 is 2.46 bits per heavy atom. The summed E-state index contributed by atoms with van der Waals surface area (Å²) >= 11 is 0. The highest BCUT2D eigenvalue weighted by Crippen LogP contribution is 2.09. The maximum atomic E-state index is 5.80. The van der Waals surface area contributed by atoms with Crippen molar-refractivity contribution in [1.82, 2.24) is 10.2 Å². The van der Waals surface area contributed by atoms with E-state index in [2.05, 4.69) is 58.7 Å². The van der Waals surface area contributed by atoms with Crippen molar-refractivity contribution >= 4 is 29.9 Å². The van der Waals surface area contributed by atoms with E-state index >= 15 is 0 Å². The Bertz CT molecular complexity index is 661. The first-order valence-electron chi connectivity index (χ1n) is 8.00. The van der Waals surface area contributed by atoms with E-state index < -0.39 is 0 Å². The average molecular weight is 437 g/mol. The second kappa shape index (κ2) is 9.64. The molecule has 1 N–H and O–H groups in total. The summed E-state index contributed by atoms with van der Waals surface area (Å²) in [6.07, 6.45) is 0. The number of ether oxygens (including phenoxy) is 1. The number of hydrogen-bond acceptors (Lipinski definition) is 4. The third kappa shape index (κ3) is 5.49. The van der Waals surface area contributed by atoms with Crippen molar-refractivity contribution in [2.75, 3.05) is 20.1 Å². The lowest BCUT2D eigenvalue weighted by molar-refractivity contribution is 0.107. The summed E-state index contributed by atoms with van der Waals surface area (Å²) in [5.41, 5.74) is 3.64. The van der Waals surface area contributed by atoms with Crippen molar-refractivity contribution in [2.45, 2.75) is 19.8 Å². The van der Waals surface area contributed by atoms with Gasteiger partial charge in [-0.1, -0.05) is 54.6 Å². The van der Waals surface area contributed by atoms with Crippen LogP contribution in [0.2, 0.25) is 0 Å². The monoisotopic (exact) mass is 437 g/mol. The van der Waals surface area contributed by atoms with Gasteiger partial charge in [0.1, 0.15) is 0 Å². The molecule has 5 heteroatoms. The molecule has 0 fully saturated rings. The summed E-state index contributed by atoms with van der Waals surface area (Å²) in [7, 11) is 2.06. The fraction of sp³-hybridized carbons (Fsp3) is 0.316. The molecule has 4 nitrogen and oxygen atoms in total. The van der Waals surface area contributed by atoms with E-state index in [1.54, 1.807) is 0 Å². The van der Waals surface area contributed by atoms with Crippen LogP contribution in [0.3, 0.4) is 0 Å². The van der Waals surface area contributed by atoms with Crippen LogP contribution in [-0.4, -0.2) is 31.0 Å². The highest BCUT2D eigenvalue weighted by molar-refractivity contribution is 14.0. The van der Waals surface area contributed by atoms with Crippen molar-refractivity contribution in [3.8, 4) is 0 Å². The number of benzene rings is 2. The van der Waals surface area contributed by atoms with Gasteiger partial charge in [-0.25, -0.2) is 0 Å². The van der Waals surface area contributed by atoms with E-state index in [0.29, 0.717) is 13.2 Å². The molecule has 0 spiro atoms. The molecule has 0 saturated heterocycles. The summed E-state index contributed by atoms with van der Waals surface area (Å²) in [6.45, 7) is 3.94. The molecule has 2 aromatic rings. The van der Waals surface area contributed by atoms with Gasteiger partial charge in [0.05, 0.1) is 19.8 Å². The van der Waals surface area contributed by atoms with Crippen molar-refractivity contribution < 1.29 is 4.74 Å². The van der Waals surface area contributed by atoms with Crippen LogP contribution in [0.25, 0.3) is 0 Å². The summed E-state index contributed by atoms with van der Waals surface area (Å²) in [5.74, 6) is 0.982. The van der Waals surface area contributed by atoms with Crippen LogP contribution in [0, 0.1) is 0 Å². The van der Waals surface area contributed by atoms with E-state index in [4.69, 9.17) is 4.74 Å². The standard InChI is InChI=1S/C19H23N3O.HI/c1-22-11-10-20-19(22)21-13-17-8-5-9-18(12-17)15-23-14-16-6-3-2-4-7-16;/h2-9,12H,10-11,13-15H2,1H3,(H,20,21);1H. The average Bonchev–Trinajstić information content (AvgIpc) is 2.99. The third-order valence-corrected chi connectivity index (χ3v) is 3.88. The van der Waals surface area contributed by atoms with Gasteiger partial charge < -0.3 is 15.0 Å². The highest BCUT2D eigenvalue weighted by Gasteiger charge is 2.11. The largest absolute Gasteiger partial charge is 0.372 e. The predicted octanol–water partition coefficient (Wildman–Crippen LogP) is 3.41. The van der Waals surface area contributed by atoms with Gasteiger partial charge in [-0.15, -0.1) is 24.0 Å². The van der Waals surface area contributed by atoms with E-state index in [9.17, 15) is 0 Å². The van der Waals surface area contributed by atoms with Gasteiger partial charge in [0.25, 0.3) is 0 Å².